The number of amides is 1. The second-order valence-corrected chi connectivity index (χ2v) is 13.1. The van der Waals surface area contributed by atoms with Crippen LogP contribution in [0.25, 0.3) is 0 Å². The Bertz CT molecular complexity index is 1750. The average molecular weight is 594 g/mol. The maximum Gasteiger partial charge on any atom is 0.264 e. The molecule has 41 heavy (non-hydrogen) atoms. The SMILES string of the molecule is COc1ccc(S(=O)(=O)N(CC(=O)Nc2ccc(S(=O)(=O)Nc3cc(C)ccc3C)cc2)c2ccc(C)cc2)cc1. The molecule has 4 aromatic rings. The highest BCUT2D eigenvalue weighted by atomic mass is 32.2. The lowest BCUT2D eigenvalue weighted by molar-refractivity contribution is -0.114. The molecule has 0 atom stereocenters. The molecule has 0 heterocycles. The zero-order valence-corrected chi connectivity index (χ0v) is 24.7. The Hall–Kier alpha value is -4.35. The highest BCUT2D eigenvalue weighted by Gasteiger charge is 2.27. The second kappa shape index (κ2) is 12.0. The van der Waals surface area contributed by atoms with Crippen molar-refractivity contribution in [3.63, 3.8) is 0 Å². The van der Waals surface area contributed by atoms with Crippen molar-refractivity contribution in [2.45, 2.75) is 30.6 Å². The first-order chi connectivity index (χ1) is 19.4. The number of rotatable bonds is 10. The normalized spacial score (nSPS) is 11.5. The molecule has 0 saturated carbocycles. The molecule has 0 radical (unpaired) electrons. The molecule has 9 nitrogen and oxygen atoms in total. The number of carbonyl (C=O) groups is 1. The minimum Gasteiger partial charge on any atom is -0.497 e. The Labute approximate surface area is 240 Å². The molecule has 0 spiro atoms. The van der Waals surface area contributed by atoms with Crippen LogP contribution in [0.2, 0.25) is 0 Å². The van der Waals surface area contributed by atoms with E-state index in [4.69, 9.17) is 4.74 Å². The third-order valence-electron chi connectivity index (χ3n) is 6.34. The van der Waals surface area contributed by atoms with E-state index in [-0.39, 0.29) is 9.79 Å². The summed E-state index contributed by atoms with van der Waals surface area (Å²) in [5, 5.41) is 2.66. The summed E-state index contributed by atoms with van der Waals surface area (Å²) < 4.78 is 61.8. The molecule has 214 valence electrons. The Balaban J connectivity index is 1.53. The molecule has 4 aromatic carbocycles. The van der Waals surface area contributed by atoms with E-state index in [0.717, 1.165) is 21.0 Å². The summed E-state index contributed by atoms with van der Waals surface area (Å²) in [5.41, 5.74) is 3.75. The summed E-state index contributed by atoms with van der Waals surface area (Å²) in [6, 6.07) is 23.8. The molecule has 1 amide bonds. The van der Waals surface area contributed by atoms with Gasteiger partial charge in [-0.15, -0.1) is 0 Å². The van der Waals surface area contributed by atoms with Crippen LogP contribution in [0.5, 0.6) is 5.75 Å². The Morgan fingerprint density at radius 2 is 1.34 bits per heavy atom. The van der Waals surface area contributed by atoms with Crippen molar-refractivity contribution in [3.8, 4) is 5.75 Å². The number of hydrogen-bond acceptors (Lipinski definition) is 6. The molecule has 0 aliphatic carbocycles. The Morgan fingerprint density at radius 1 is 0.756 bits per heavy atom. The summed E-state index contributed by atoms with van der Waals surface area (Å²) in [7, 11) is -6.50. The van der Waals surface area contributed by atoms with E-state index in [2.05, 4.69) is 10.0 Å². The highest BCUT2D eigenvalue weighted by molar-refractivity contribution is 7.93. The van der Waals surface area contributed by atoms with Crippen LogP contribution in [0.15, 0.2) is 101 Å². The van der Waals surface area contributed by atoms with E-state index in [1.165, 1.54) is 55.6 Å². The summed E-state index contributed by atoms with van der Waals surface area (Å²) in [6.07, 6.45) is 0. The van der Waals surface area contributed by atoms with Crippen molar-refractivity contribution in [1.29, 1.82) is 0 Å². The molecule has 0 aliphatic rings. The van der Waals surface area contributed by atoms with Crippen LogP contribution in [0.4, 0.5) is 17.1 Å². The predicted molar refractivity (Wildman–Crippen MR) is 161 cm³/mol. The summed E-state index contributed by atoms with van der Waals surface area (Å²) in [4.78, 5) is 13.1. The molecule has 0 aromatic heterocycles. The van der Waals surface area contributed by atoms with Crippen LogP contribution < -0.4 is 19.1 Å². The van der Waals surface area contributed by atoms with Gasteiger partial charge in [0.2, 0.25) is 5.91 Å². The Morgan fingerprint density at radius 3 is 1.95 bits per heavy atom. The zero-order valence-electron chi connectivity index (χ0n) is 23.1. The lowest BCUT2D eigenvalue weighted by Gasteiger charge is -2.24. The van der Waals surface area contributed by atoms with Gasteiger partial charge in [-0.05, 0) is 98.6 Å². The largest absolute Gasteiger partial charge is 0.497 e. The molecule has 0 aliphatic heterocycles. The van der Waals surface area contributed by atoms with E-state index in [1.807, 2.05) is 32.9 Å². The number of ether oxygens (including phenoxy) is 1. The monoisotopic (exact) mass is 593 g/mol. The van der Waals surface area contributed by atoms with Gasteiger partial charge in [0.25, 0.3) is 20.0 Å². The van der Waals surface area contributed by atoms with Crippen LogP contribution >= 0.6 is 0 Å². The second-order valence-electron chi connectivity index (χ2n) is 9.52. The van der Waals surface area contributed by atoms with Crippen molar-refractivity contribution < 1.29 is 26.4 Å². The number of sulfonamides is 2. The summed E-state index contributed by atoms with van der Waals surface area (Å²) >= 11 is 0. The fourth-order valence-electron chi connectivity index (χ4n) is 4.00. The van der Waals surface area contributed by atoms with Gasteiger partial charge in [0.1, 0.15) is 12.3 Å². The van der Waals surface area contributed by atoms with Crippen molar-refractivity contribution in [2.24, 2.45) is 0 Å². The minimum atomic E-state index is -4.11. The third kappa shape index (κ3) is 7.05. The number of carbonyl (C=O) groups excluding carboxylic acids is 1. The van der Waals surface area contributed by atoms with Crippen molar-refractivity contribution in [1.82, 2.24) is 0 Å². The molecule has 0 bridgehead atoms. The molecule has 11 heteroatoms. The van der Waals surface area contributed by atoms with E-state index < -0.39 is 32.5 Å². The van der Waals surface area contributed by atoms with Gasteiger partial charge in [-0.25, -0.2) is 16.8 Å². The number of hydrogen-bond donors (Lipinski definition) is 2. The molecule has 0 saturated heterocycles. The van der Waals surface area contributed by atoms with E-state index in [0.29, 0.717) is 22.8 Å². The minimum absolute atomic E-state index is 0.00224. The van der Waals surface area contributed by atoms with Crippen molar-refractivity contribution in [3.05, 3.63) is 108 Å². The van der Waals surface area contributed by atoms with Gasteiger partial charge in [-0.3, -0.25) is 13.8 Å². The molecule has 4 rings (SSSR count). The van der Waals surface area contributed by atoms with Crippen LogP contribution in [0.3, 0.4) is 0 Å². The van der Waals surface area contributed by atoms with Crippen LogP contribution in [-0.2, 0) is 24.8 Å². The first kappa shape index (κ1) is 29.6. The van der Waals surface area contributed by atoms with Gasteiger partial charge in [-0.2, -0.15) is 0 Å². The highest BCUT2D eigenvalue weighted by Crippen LogP contribution is 2.26. The van der Waals surface area contributed by atoms with Crippen molar-refractivity contribution in [2.75, 3.05) is 28.0 Å². The topological polar surface area (TPSA) is 122 Å². The quantitative estimate of drug-likeness (QED) is 0.259. The smallest absolute Gasteiger partial charge is 0.264 e. The number of anilines is 3. The molecular formula is C30H31N3O6S2. The van der Waals surface area contributed by atoms with Crippen LogP contribution in [0, 0.1) is 20.8 Å². The lowest BCUT2D eigenvalue weighted by atomic mass is 10.1. The van der Waals surface area contributed by atoms with Crippen LogP contribution in [-0.4, -0.2) is 36.4 Å². The predicted octanol–water partition coefficient (Wildman–Crippen LogP) is 5.26. The van der Waals surface area contributed by atoms with E-state index in [9.17, 15) is 21.6 Å². The first-order valence-electron chi connectivity index (χ1n) is 12.6. The molecule has 0 fully saturated rings. The van der Waals surface area contributed by atoms with E-state index in [1.54, 1.807) is 30.3 Å². The fourth-order valence-corrected chi connectivity index (χ4v) is 6.54. The summed E-state index contributed by atoms with van der Waals surface area (Å²) in [5.74, 6) is -0.106. The molecule has 0 unspecified atom stereocenters. The lowest BCUT2D eigenvalue weighted by Crippen LogP contribution is -2.38. The van der Waals surface area contributed by atoms with Gasteiger partial charge >= 0.3 is 0 Å². The molecular weight excluding hydrogens is 562 g/mol. The standard InChI is InChI=1S/C30H31N3O6S2/c1-21-6-11-25(12-7-21)33(41(37,38)28-17-13-26(39-4)14-18-28)20-30(34)31-24-9-15-27(16-10-24)40(35,36)32-29-19-22(2)5-8-23(29)3/h5-19,32H,20H2,1-4H3,(H,31,34). The van der Waals surface area contributed by atoms with Crippen LogP contribution in [0.1, 0.15) is 16.7 Å². The number of nitrogens with zero attached hydrogens (tertiary/aromatic N) is 1. The number of methoxy groups -OCH3 is 1. The number of aryl methyl sites for hydroxylation is 3. The van der Waals surface area contributed by atoms with Crippen molar-refractivity contribution >= 4 is 43.0 Å². The third-order valence-corrected chi connectivity index (χ3v) is 9.51. The fraction of sp³-hybridized carbons (Fsp3) is 0.167. The maximum atomic E-state index is 13.6. The maximum absolute atomic E-state index is 13.6. The molecule has 2 N–H and O–H groups in total. The number of nitrogens with one attached hydrogen (secondary N) is 2. The average Bonchev–Trinajstić information content (AvgIpc) is 2.94. The van der Waals surface area contributed by atoms with Gasteiger partial charge in [0, 0.05) is 5.69 Å². The van der Waals surface area contributed by atoms with E-state index >= 15 is 0 Å². The van der Waals surface area contributed by atoms with Gasteiger partial charge < -0.3 is 10.1 Å². The van der Waals surface area contributed by atoms with Gasteiger partial charge in [0.05, 0.1) is 28.3 Å². The zero-order chi connectivity index (χ0) is 29.8. The first-order valence-corrected chi connectivity index (χ1v) is 15.5. The summed E-state index contributed by atoms with van der Waals surface area (Å²) in [6.45, 7) is 5.05. The van der Waals surface area contributed by atoms with Gasteiger partial charge in [-0.1, -0.05) is 29.8 Å². The number of benzene rings is 4. The van der Waals surface area contributed by atoms with Gasteiger partial charge in [0.15, 0.2) is 0 Å². The Kier molecular flexibility index (Phi) is 8.69.